The van der Waals surface area contributed by atoms with E-state index in [-0.39, 0.29) is 15.7 Å². The van der Waals surface area contributed by atoms with E-state index in [0.717, 1.165) is 11.3 Å². The smallest absolute Gasteiger partial charge is 0.250 e. The Balaban J connectivity index is 2.79. The first-order valence-electron chi connectivity index (χ1n) is 4.70. The third kappa shape index (κ3) is 3.89. The van der Waals surface area contributed by atoms with Crippen molar-refractivity contribution in [3.63, 3.8) is 0 Å². The van der Waals surface area contributed by atoms with Crippen LogP contribution in [0.2, 0.25) is 4.34 Å². The van der Waals surface area contributed by atoms with E-state index in [2.05, 4.69) is 4.72 Å². The number of hydrogen-bond acceptors (Lipinski definition) is 4. The van der Waals surface area contributed by atoms with Crippen molar-refractivity contribution in [1.82, 2.24) is 4.72 Å². The second kappa shape index (κ2) is 5.19. The maximum Gasteiger partial charge on any atom is 0.250 e. The molecule has 8 heteroatoms. The number of thiocarbonyl (C=S) groups is 1. The third-order valence-electron chi connectivity index (χ3n) is 2.18. The van der Waals surface area contributed by atoms with Crippen molar-refractivity contribution < 1.29 is 8.42 Å². The molecule has 0 atom stereocenters. The van der Waals surface area contributed by atoms with Gasteiger partial charge in [-0.1, -0.05) is 37.7 Å². The van der Waals surface area contributed by atoms with Gasteiger partial charge in [-0.05, 0) is 12.1 Å². The van der Waals surface area contributed by atoms with Crippen LogP contribution in [0.5, 0.6) is 0 Å². The van der Waals surface area contributed by atoms with Crippen LogP contribution in [0, 0.1) is 5.41 Å². The first-order valence-corrected chi connectivity index (χ1v) is 7.79. The van der Waals surface area contributed by atoms with Gasteiger partial charge in [0.15, 0.2) is 0 Å². The SMILES string of the molecule is CC(C)(CNS(=O)(=O)c1ccc(Cl)s1)C(N)=S. The lowest BCUT2D eigenvalue weighted by atomic mass is 9.94. The fraction of sp³-hybridized carbons (Fsp3) is 0.444. The van der Waals surface area contributed by atoms with Gasteiger partial charge in [-0.3, -0.25) is 0 Å². The van der Waals surface area contributed by atoms with E-state index in [1.165, 1.54) is 6.07 Å². The molecule has 0 spiro atoms. The minimum atomic E-state index is -3.54. The van der Waals surface area contributed by atoms with Crippen LogP contribution in [-0.2, 0) is 10.0 Å². The van der Waals surface area contributed by atoms with E-state index in [9.17, 15) is 8.42 Å². The van der Waals surface area contributed by atoms with Crippen molar-refractivity contribution in [3.05, 3.63) is 16.5 Å². The van der Waals surface area contributed by atoms with Gasteiger partial charge >= 0.3 is 0 Å². The number of sulfonamides is 1. The van der Waals surface area contributed by atoms with Crippen molar-refractivity contribution in [3.8, 4) is 0 Å². The Kier molecular flexibility index (Phi) is 4.54. The Hall–Kier alpha value is -0.210. The van der Waals surface area contributed by atoms with Crippen LogP contribution in [0.4, 0.5) is 0 Å². The number of nitrogens with one attached hydrogen (secondary N) is 1. The number of nitrogens with two attached hydrogens (primary N) is 1. The van der Waals surface area contributed by atoms with E-state index in [1.54, 1.807) is 19.9 Å². The summed E-state index contributed by atoms with van der Waals surface area (Å²) >= 11 is 11.6. The summed E-state index contributed by atoms with van der Waals surface area (Å²) in [5.41, 5.74) is 4.95. The van der Waals surface area contributed by atoms with Crippen LogP contribution in [0.3, 0.4) is 0 Å². The van der Waals surface area contributed by atoms with Crippen LogP contribution in [0.1, 0.15) is 13.8 Å². The lowest BCUT2D eigenvalue weighted by Crippen LogP contribution is -2.41. The van der Waals surface area contributed by atoms with Gasteiger partial charge in [0.05, 0.1) is 9.32 Å². The Morgan fingerprint density at radius 1 is 1.59 bits per heavy atom. The van der Waals surface area contributed by atoms with Crippen molar-refractivity contribution in [2.24, 2.45) is 11.1 Å². The molecule has 0 fully saturated rings. The molecule has 0 saturated carbocycles. The summed E-state index contributed by atoms with van der Waals surface area (Å²) in [4.78, 5) is 0.268. The van der Waals surface area contributed by atoms with Gasteiger partial charge in [0.25, 0.3) is 0 Å². The van der Waals surface area contributed by atoms with Gasteiger partial charge in [-0.2, -0.15) is 0 Å². The second-order valence-corrected chi connectivity index (χ2v) is 8.28. The zero-order valence-electron chi connectivity index (χ0n) is 9.36. The topological polar surface area (TPSA) is 72.2 Å². The van der Waals surface area contributed by atoms with Crippen LogP contribution in [0.15, 0.2) is 16.3 Å². The first-order chi connectivity index (χ1) is 7.65. The molecule has 1 rings (SSSR count). The molecular weight excluding hydrogens is 300 g/mol. The molecule has 0 bridgehead atoms. The minimum Gasteiger partial charge on any atom is -0.393 e. The largest absolute Gasteiger partial charge is 0.393 e. The predicted molar refractivity (Wildman–Crippen MR) is 75.1 cm³/mol. The van der Waals surface area contributed by atoms with Gasteiger partial charge in [0, 0.05) is 12.0 Å². The molecule has 0 aromatic carbocycles. The highest BCUT2D eigenvalue weighted by molar-refractivity contribution is 7.91. The molecule has 0 amide bonds. The zero-order chi connectivity index (χ0) is 13.3. The number of hydrogen-bond donors (Lipinski definition) is 2. The van der Waals surface area contributed by atoms with Gasteiger partial charge < -0.3 is 5.73 Å². The predicted octanol–water partition coefficient (Wildman–Crippen LogP) is 1.99. The van der Waals surface area contributed by atoms with E-state index >= 15 is 0 Å². The second-order valence-electron chi connectivity index (χ2n) is 4.13. The number of halogens is 1. The highest BCUT2D eigenvalue weighted by Gasteiger charge is 2.25. The number of thiophene rings is 1. The Morgan fingerprint density at radius 3 is 2.59 bits per heavy atom. The lowest BCUT2D eigenvalue weighted by Gasteiger charge is -2.22. The summed E-state index contributed by atoms with van der Waals surface area (Å²) in [7, 11) is -3.54. The molecule has 1 aromatic rings. The third-order valence-corrected chi connectivity index (χ3v) is 5.86. The lowest BCUT2D eigenvalue weighted by molar-refractivity contribution is 0.502. The summed E-state index contributed by atoms with van der Waals surface area (Å²) in [6, 6.07) is 3.00. The Bertz CT molecular complexity index is 522. The van der Waals surface area contributed by atoms with Crippen LogP contribution >= 0.6 is 35.2 Å². The molecule has 1 aromatic heterocycles. The molecule has 0 aliphatic carbocycles. The molecule has 96 valence electrons. The maximum atomic E-state index is 11.9. The molecule has 4 nitrogen and oxygen atoms in total. The van der Waals surface area contributed by atoms with Gasteiger partial charge in [0.1, 0.15) is 4.21 Å². The minimum absolute atomic E-state index is 0.153. The van der Waals surface area contributed by atoms with Gasteiger partial charge in [0.2, 0.25) is 10.0 Å². The van der Waals surface area contributed by atoms with Crippen LogP contribution in [-0.4, -0.2) is 20.0 Å². The van der Waals surface area contributed by atoms with Crippen molar-refractivity contribution >= 4 is 50.2 Å². The molecule has 0 unspecified atom stereocenters. The molecule has 1 heterocycles. The van der Waals surface area contributed by atoms with Crippen LogP contribution < -0.4 is 10.5 Å². The molecule has 3 N–H and O–H groups in total. The molecule has 0 saturated heterocycles. The number of rotatable bonds is 5. The Labute approximate surface area is 115 Å². The maximum absolute atomic E-state index is 11.9. The summed E-state index contributed by atoms with van der Waals surface area (Å²) in [5, 5.41) is 0. The normalized spacial score (nSPS) is 12.6. The summed E-state index contributed by atoms with van der Waals surface area (Å²) in [6.07, 6.45) is 0. The average molecular weight is 313 g/mol. The fourth-order valence-electron chi connectivity index (χ4n) is 0.876. The van der Waals surface area contributed by atoms with Crippen molar-refractivity contribution in [2.75, 3.05) is 6.54 Å². The van der Waals surface area contributed by atoms with Crippen molar-refractivity contribution in [2.45, 2.75) is 18.1 Å². The quantitative estimate of drug-likeness (QED) is 0.816. The molecule has 0 aliphatic heterocycles. The zero-order valence-corrected chi connectivity index (χ0v) is 12.6. The molecule has 0 aliphatic rings. The van der Waals surface area contributed by atoms with Crippen molar-refractivity contribution in [1.29, 1.82) is 0 Å². The monoisotopic (exact) mass is 312 g/mol. The van der Waals surface area contributed by atoms with E-state index in [0.29, 0.717) is 4.34 Å². The van der Waals surface area contributed by atoms with Crippen LogP contribution in [0.25, 0.3) is 0 Å². The Morgan fingerprint density at radius 2 is 2.18 bits per heavy atom. The highest BCUT2D eigenvalue weighted by atomic mass is 35.5. The average Bonchev–Trinajstić information content (AvgIpc) is 2.63. The fourth-order valence-corrected chi connectivity index (χ4v) is 3.69. The van der Waals surface area contributed by atoms with E-state index < -0.39 is 15.4 Å². The highest BCUT2D eigenvalue weighted by Crippen LogP contribution is 2.25. The van der Waals surface area contributed by atoms with Gasteiger partial charge in [-0.25, -0.2) is 13.1 Å². The van der Waals surface area contributed by atoms with E-state index in [1.807, 2.05) is 0 Å². The standard InChI is InChI=1S/C9H13ClN2O2S3/c1-9(2,8(11)15)5-12-17(13,14)7-4-3-6(10)16-7/h3-4,12H,5H2,1-2H3,(H2,11,15). The summed E-state index contributed by atoms with van der Waals surface area (Å²) < 4.78 is 26.8. The molecule has 17 heavy (non-hydrogen) atoms. The summed E-state index contributed by atoms with van der Waals surface area (Å²) in [5.74, 6) is 0. The summed E-state index contributed by atoms with van der Waals surface area (Å²) in [6.45, 7) is 3.71. The van der Waals surface area contributed by atoms with Gasteiger partial charge in [-0.15, -0.1) is 11.3 Å². The molecule has 0 radical (unpaired) electrons. The molecular formula is C9H13ClN2O2S3. The first kappa shape index (κ1) is 14.8. The van der Waals surface area contributed by atoms with E-state index in [4.69, 9.17) is 29.6 Å².